The van der Waals surface area contributed by atoms with Crippen LogP contribution in [0.2, 0.25) is 0 Å². The molecule has 0 amide bonds. The van der Waals surface area contributed by atoms with E-state index >= 15 is 0 Å². The van der Waals surface area contributed by atoms with Crippen LogP contribution in [0.15, 0.2) is 39.4 Å². The van der Waals surface area contributed by atoms with E-state index in [1.54, 1.807) is 0 Å². The summed E-state index contributed by atoms with van der Waals surface area (Å²) in [5.74, 6) is -0.390. The van der Waals surface area contributed by atoms with Crippen LogP contribution in [-0.4, -0.2) is 16.1 Å². The molecule has 1 aromatic carbocycles. The molecule has 2 rings (SSSR count). The van der Waals surface area contributed by atoms with Crippen molar-refractivity contribution in [3.8, 4) is 0 Å². The summed E-state index contributed by atoms with van der Waals surface area (Å²) in [6.07, 6.45) is 1.82. The molecule has 1 heterocycles. The Kier molecular flexibility index (Phi) is 3.58. The quantitative estimate of drug-likeness (QED) is 0.942. The second-order valence-corrected chi connectivity index (χ2v) is 4.43. The molecule has 0 atom stereocenters. The zero-order valence-corrected chi connectivity index (χ0v) is 10.5. The SMILES string of the molecule is O=C(O)Cc1coc(Cc2ccccc2Br)n1. The third-order valence-electron chi connectivity index (χ3n) is 2.23. The largest absolute Gasteiger partial charge is 0.481 e. The summed E-state index contributed by atoms with van der Waals surface area (Å²) >= 11 is 3.44. The number of halogens is 1. The fourth-order valence-electron chi connectivity index (χ4n) is 1.47. The summed E-state index contributed by atoms with van der Waals surface area (Å²) in [5, 5.41) is 8.62. The number of aliphatic carboxylic acids is 1. The van der Waals surface area contributed by atoms with Gasteiger partial charge in [-0.1, -0.05) is 34.1 Å². The van der Waals surface area contributed by atoms with Crippen molar-refractivity contribution in [1.82, 2.24) is 4.98 Å². The Morgan fingerprint density at radius 3 is 2.88 bits per heavy atom. The molecule has 4 nitrogen and oxygen atoms in total. The van der Waals surface area contributed by atoms with Crippen molar-refractivity contribution in [3.63, 3.8) is 0 Å². The number of hydrogen-bond acceptors (Lipinski definition) is 3. The Labute approximate surface area is 106 Å². The van der Waals surface area contributed by atoms with Gasteiger partial charge in [-0.25, -0.2) is 4.98 Å². The van der Waals surface area contributed by atoms with E-state index in [-0.39, 0.29) is 6.42 Å². The predicted molar refractivity (Wildman–Crippen MR) is 64.8 cm³/mol. The zero-order valence-electron chi connectivity index (χ0n) is 8.89. The summed E-state index contributed by atoms with van der Waals surface area (Å²) in [4.78, 5) is 14.6. The number of aromatic nitrogens is 1. The Morgan fingerprint density at radius 1 is 1.41 bits per heavy atom. The van der Waals surface area contributed by atoms with Gasteiger partial charge in [0, 0.05) is 4.47 Å². The highest BCUT2D eigenvalue weighted by atomic mass is 79.9. The summed E-state index contributed by atoms with van der Waals surface area (Å²) < 4.78 is 6.21. The molecule has 0 spiro atoms. The highest BCUT2D eigenvalue weighted by molar-refractivity contribution is 9.10. The van der Waals surface area contributed by atoms with Crippen LogP contribution in [0.1, 0.15) is 17.1 Å². The standard InChI is InChI=1S/C12H10BrNO3/c13-10-4-2-1-3-8(10)5-11-14-9(7-17-11)6-12(15)16/h1-4,7H,5-6H2,(H,15,16). The Bertz CT molecular complexity index is 536. The van der Waals surface area contributed by atoms with E-state index in [1.165, 1.54) is 6.26 Å². The number of carboxylic acid groups (broad SMARTS) is 1. The Balaban J connectivity index is 2.12. The van der Waals surface area contributed by atoms with Gasteiger partial charge in [-0.3, -0.25) is 4.79 Å². The van der Waals surface area contributed by atoms with E-state index in [1.807, 2.05) is 24.3 Å². The molecule has 0 aliphatic rings. The number of rotatable bonds is 4. The molecular formula is C12H10BrNO3. The highest BCUT2D eigenvalue weighted by Gasteiger charge is 2.09. The maximum Gasteiger partial charge on any atom is 0.309 e. The van der Waals surface area contributed by atoms with Gasteiger partial charge < -0.3 is 9.52 Å². The van der Waals surface area contributed by atoms with Gasteiger partial charge in [0.1, 0.15) is 6.26 Å². The molecule has 0 saturated heterocycles. The van der Waals surface area contributed by atoms with E-state index < -0.39 is 5.97 Å². The number of hydrogen-bond donors (Lipinski definition) is 1. The van der Waals surface area contributed by atoms with Crippen LogP contribution in [0.3, 0.4) is 0 Å². The van der Waals surface area contributed by atoms with E-state index in [0.29, 0.717) is 18.0 Å². The molecule has 0 saturated carbocycles. The lowest BCUT2D eigenvalue weighted by molar-refractivity contribution is -0.136. The number of carboxylic acids is 1. The second-order valence-electron chi connectivity index (χ2n) is 3.57. The van der Waals surface area contributed by atoms with Gasteiger partial charge in [-0.05, 0) is 11.6 Å². The predicted octanol–water partition coefficient (Wildman–Crippen LogP) is 2.66. The topological polar surface area (TPSA) is 63.3 Å². The Hall–Kier alpha value is -1.62. The summed E-state index contributed by atoms with van der Waals surface area (Å²) in [5.41, 5.74) is 1.50. The maximum atomic E-state index is 10.5. The van der Waals surface area contributed by atoms with Crippen LogP contribution < -0.4 is 0 Å². The molecule has 5 heteroatoms. The zero-order chi connectivity index (χ0) is 12.3. The first kappa shape index (κ1) is 11.9. The van der Waals surface area contributed by atoms with Gasteiger partial charge >= 0.3 is 5.97 Å². The monoisotopic (exact) mass is 295 g/mol. The van der Waals surface area contributed by atoms with Crippen LogP contribution in [0.25, 0.3) is 0 Å². The van der Waals surface area contributed by atoms with E-state index in [0.717, 1.165) is 10.0 Å². The van der Waals surface area contributed by atoms with E-state index in [9.17, 15) is 4.79 Å². The first-order valence-electron chi connectivity index (χ1n) is 5.03. The molecule has 0 bridgehead atoms. The first-order chi connectivity index (χ1) is 8.15. The molecule has 1 aromatic heterocycles. The fourth-order valence-corrected chi connectivity index (χ4v) is 1.90. The smallest absolute Gasteiger partial charge is 0.309 e. The van der Waals surface area contributed by atoms with Crippen LogP contribution in [-0.2, 0) is 17.6 Å². The van der Waals surface area contributed by atoms with Crippen molar-refractivity contribution in [1.29, 1.82) is 0 Å². The van der Waals surface area contributed by atoms with Gasteiger partial charge in [-0.15, -0.1) is 0 Å². The van der Waals surface area contributed by atoms with Gasteiger partial charge in [0.05, 0.1) is 18.5 Å². The second kappa shape index (κ2) is 5.14. The van der Waals surface area contributed by atoms with Gasteiger partial charge in [0.2, 0.25) is 0 Å². The minimum Gasteiger partial charge on any atom is -0.481 e. The lowest BCUT2D eigenvalue weighted by atomic mass is 10.1. The summed E-state index contributed by atoms with van der Waals surface area (Å²) in [7, 11) is 0. The molecule has 1 N–H and O–H groups in total. The van der Waals surface area contributed by atoms with E-state index in [2.05, 4.69) is 20.9 Å². The van der Waals surface area contributed by atoms with Crippen molar-refractivity contribution in [3.05, 3.63) is 52.1 Å². The molecule has 0 fully saturated rings. The van der Waals surface area contributed by atoms with Gasteiger partial charge in [0.15, 0.2) is 5.89 Å². The third kappa shape index (κ3) is 3.17. The molecule has 88 valence electrons. The summed E-state index contributed by atoms with van der Waals surface area (Å²) in [6.45, 7) is 0. The molecular weight excluding hydrogens is 286 g/mol. The van der Waals surface area contributed by atoms with Crippen molar-refractivity contribution in [2.24, 2.45) is 0 Å². The van der Waals surface area contributed by atoms with Crippen LogP contribution in [0.5, 0.6) is 0 Å². The van der Waals surface area contributed by atoms with Crippen LogP contribution in [0, 0.1) is 0 Å². The average molecular weight is 296 g/mol. The lowest BCUT2D eigenvalue weighted by Crippen LogP contribution is -2.00. The summed E-state index contributed by atoms with van der Waals surface area (Å²) in [6, 6.07) is 7.77. The number of benzene rings is 1. The molecule has 0 aliphatic carbocycles. The maximum absolute atomic E-state index is 10.5. The van der Waals surface area contributed by atoms with Crippen molar-refractivity contribution in [2.75, 3.05) is 0 Å². The normalized spacial score (nSPS) is 10.4. The minimum absolute atomic E-state index is 0.112. The van der Waals surface area contributed by atoms with Crippen molar-refractivity contribution < 1.29 is 14.3 Å². The van der Waals surface area contributed by atoms with Gasteiger partial charge in [-0.2, -0.15) is 0 Å². The minimum atomic E-state index is -0.911. The van der Waals surface area contributed by atoms with Crippen molar-refractivity contribution in [2.45, 2.75) is 12.8 Å². The molecule has 0 aliphatic heterocycles. The Morgan fingerprint density at radius 2 is 2.18 bits per heavy atom. The fraction of sp³-hybridized carbons (Fsp3) is 0.167. The number of carbonyl (C=O) groups is 1. The lowest BCUT2D eigenvalue weighted by Gasteiger charge is -1.99. The van der Waals surface area contributed by atoms with E-state index in [4.69, 9.17) is 9.52 Å². The van der Waals surface area contributed by atoms with Crippen LogP contribution in [0.4, 0.5) is 0 Å². The van der Waals surface area contributed by atoms with Gasteiger partial charge in [0.25, 0.3) is 0 Å². The molecule has 17 heavy (non-hydrogen) atoms. The molecule has 0 unspecified atom stereocenters. The number of oxazole rings is 1. The third-order valence-corrected chi connectivity index (χ3v) is 3.00. The van der Waals surface area contributed by atoms with Crippen LogP contribution >= 0.6 is 15.9 Å². The number of nitrogens with zero attached hydrogens (tertiary/aromatic N) is 1. The van der Waals surface area contributed by atoms with Crippen molar-refractivity contribution >= 4 is 21.9 Å². The molecule has 0 radical (unpaired) electrons. The molecule has 2 aromatic rings. The highest BCUT2D eigenvalue weighted by Crippen LogP contribution is 2.19. The average Bonchev–Trinajstić information content (AvgIpc) is 2.68. The first-order valence-corrected chi connectivity index (χ1v) is 5.83.